The van der Waals surface area contributed by atoms with Crippen LogP contribution in [0.1, 0.15) is 23.9 Å². The molecule has 0 aromatic carbocycles. The fourth-order valence-corrected chi connectivity index (χ4v) is 1.86. The highest BCUT2D eigenvalue weighted by molar-refractivity contribution is 5.58. The monoisotopic (exact) mass is 303 g/mol. The fraction of sp³-hybridized carbons (Fsp3) is 0.583. The lowest BCUT2D eigenvalue weighted by Gasteiger charge is -2.12. The number of aryl methyl sites for hydroxylation is 1. The Morgan fingerprint density at radius 2 is 1.90 bits per heavy atom. The third kappa shape index (κ3) is 3.07. The Morgan fingerprint density at radius 1 is 1.19 bits per heavy atom. The van der Waals surface area contributed by atoms with Crippen LogP contribution in [0.5, 0.6) is 0 Å². The summed E-state index contributed by atoms with van der Waals surface area (Å²) in [6.45, 7) is 6.81. The van der Waals surface area contributed by atoms with E-state index in [0.29, 0.717) is 31.1 Å². The van der Waals surface area contributed by atoms with E-state index in [4.69, 9.17) is 4.74 Å². The van der Waals surface area contributed by atoms with Crippen LogP contribution in [0.15, 0.2) is 0 Å². The lowest BCUT2D eigenvalue weighted by Crippen LogP contribution is -2.16. The predicted octanol–water partition coefficient (Wildman–Crippen LogP) is 2.21. The average molecular weight is 303 g/mol. The molecular formula is C12H16F3N5O. The summed E-state index contributed by atoms with van der Waals surface area (Å²) in [5, 5.41) is 13.7. The first-order valence-electron chi connectivity index (χ1n) is 6.47. The molecule has 0 spiro atoms. The van der Waals surface area contributed by atoms with E-state index < -0.39 is 12.0 Å². The summed E-state index contributed by atoms with van der Waals surface area (Å²) in [4.78, 5) is 0. The largest absolute Gasteiger partial charge is 0.453 e. The van der Waals surface area contributed by atoms with Gasteiger partial charge in [-0.25, -0.2) is 0 Å². The van der Waals surface area contributed by atoms with Crippen LogP contribution in [0.25, 0.3) is 5.65 Å². The third-order valence-electron chi connectivity index (χ3n) is 3.09. The van der Waals surface area contributed by atoms with Crippen molar-refractivity contribution in [1.82, 2.24) is 19.8 Å². The Balaban J connectivity index is 2.40. The molecule has 0 fully saturated rings. The number of ether oxygens (including phenoxy) is 1. The molecular weight excluding hydrogens is 287 g/mol. The Labute approximate surface area is 119 Å². The molecule has 0 aliphatic carbocycles. The van der Waals surface area contributed by atoms with E-state index in [2.05, 4.69) is 20.6 Å². The number of hydrogen-bond acceptors (Lipinski definition) is 5. The molecule has 0 aliphatic rings. The summed E-state index contributed by atoms with van der Waals surface area (Å²) in [7, 11) is 0. The van der Waals surface area contributed by atoms with Crippen LogP contribution in [-0.2, 0) is 10.9 Å². The van der Waals surface area contributed by atoms with Crippen molar-refractivity contribution >= 4 is 11.5 Å². The third-order valence-corrected chi connectivity index (χ3v) is 3.09. The number of alkyl halides is 3. The minimum absolute atomic E-state index is 0.107. The summed E-state index contributed by atoms with van der Waals surface area (Å²) in [5.41, 5.74) is 1.45. The molecule has 0 bridgehead atoms. The van der Waals surface area contributed by atoms with Gasteiger partial charge in [0, 0.05) is 18.7 Å². The summed E-state index contributed by atoms with van der Waals surface area (Å²) >= 11 is 0. The molecule has 0 saturated heterocycles. The van der Waals surface area contributed by atoms with Crippen LogP contribution in [0.2, 0.25) is 0 Å². The van der Waals surface area contributed by atoms with Gasteiger partial charge in [0.2, 0.25) is 0 Å². The molecule has 0 radical (unpaired) electrons. The number of anilines is 1. The lowest BCUT2D eigenvalue weighted by molar-refractivity contribution is -0.146. The van der Waals surface area contributed by atoms with E-state index in [1.54, 1.807) is 13.8 Å². The van der Waals surface area contributed by atoms with Crippen molar-refractivity contribution in [3.8, 4) is 0 Å². The minimum atomic E-state index is -4.60. The summed E-state index contributed by atoms with van der Waals surface area (Å²) < 4.78 is 44.5. The second-order valence-electron chi connectivity index (χ2n) is 4.48. The Morgan fingerprint density at radius 3 is 2.52 bits per heavy atom. The lowest BCUT2D eigenvalue weighted by atomic mass is 10.2. The zero-order valence-corrected chi connectivity index (χ0v) is 12.0. The van der Waals surface area contributed by atoms with Gasteiger partial charge in [-0.2, -0.15) is 17.7 Å². The van der Waals surface area contributed by atoms with Gasteiger partial charge in [0.25, 0.3) is 5.82 Å². The molecule has 0 aliphatic heterocycles. The molecule has 0 amide bonds. The van der Waals surface area contributed by atoms with Crippen LogP contribution in [-0.4, -0.2) is 39.6 Å². The van der Waals surface area contributed by atoms with Crippen molar-refractivity contribution in [2.75, 3.05) is 25.1 Å². The normalized spacial score (nSPS) is 12.1. The Hall–Kier alpha value is -1.90. The first kappa shape index (κ1) is 15.5. The Bertz CT molecular complexity index is 638. The van der Waals surface area contributed by atoms with Gasteiger partial charge in [-0.15, -0.1) is 15.3 Å². The molecule has 21 heavy (non-hydrogen) atoms. The molecule has 2 aromatic rings. The molecule has 0 unspecified atom stereocenters. The molecule has 2 heterocycles. The highest BCUT2D eigenvalue weighted by Gasteiger charge is 2.38. The van der Waals surface area contributed by atoms with Crippen LogP contribution >= 0.6 is 0 Å². The predicted molar refractivity (Wildman–Crippen MR) is 70.2 cm³/mol. The smallest absolute Gasteiger partial charge is 0.380 e. The second kappa shape index (κ2) is 5.84. The fourth-order valence-electron chi connectivity index (χ4n) is 1.86. The number of nitrogens with zero attached hydrogens (tertiary/aromatic N) is 4. The number of aromatic nitrogens is 4. The maximum absolute atomic E-state index is 12.9. The van der Waals surface area contributed by atoms with Crippen LogP contribution in [0, 0.1) is 13.8 Å². The van der Waals surface area contributed by atoms with Gasteiger partial charge in [0.1, 0.15) is 5.82 Å². The van der Waals surface area contributed by atoms with E-state index in [9.17, 15) is 13.2 Å². The van der Waals surface area contributed by atoms with Crippen LogP contribution < -0.4 is 5.32 Å². The molecule has 2 aromatic heterocycles. The minimum Gasteiger partial charge on any atom is -0.380 e. The zero-order chi connectivity index (χ0) is 15.6. The maximum Gasteiger partial charge on any atom is 0.453 e. The van der Waals surface area contributed by atoms with Gasteiger partial charge in [-0.1, -0.05) is 0 Å². The van der Waals surface area contributed by atoms with Crippen molar-refractivity contribution in [3.05, 3.63) is 17.0 Å². The number of halogens is 3. The zero-order valence-electron chi connectivity index (χ0n) is 12.0. The van der Waals surface area contributed by atoms with E-state index in [0.717, 1.165) is 10.1 Å². The Kier molecular flexibility index (Phi) is 4.31. The molecule has 0 saturated carbocycles. The first-order valence-corrected chi connectivity index (χ1v) is 6.47. The molecule has 0 atom stereocenters. The number of fused-ring (bicyclic) bond motifs is 1. The van der Waals surface area contributed by atoms with Gasteiger partial charge >= 0.3 is 6.18 Å². The molecule has 116 valence electrons. The number of rotatable bonds is 5. The number of nitrogens with one attached hydrogen (secondary N) is 1. The molecule has 9 heteroatoms. The molecule has 6 nitrogen and oxygen atoms in total. The van der Waals surface area contributed by atoms with Gasteiger partial charge < -0.3 is 10.1 Å². The highest BCUT2D eigenvalue weighted by Crippen LogP contribution is 2.29. The topological polar surface area (TPSA) is 64.3 Å². The van der Waals surface area contributed by atoms with E-state index in [1.165, 1.54) is 0 Å². The second-order valence-corrected chi connectivity index (χ2v) is 4.48. The van der Waals surface area contributed by atoms with Crippen molar-refractivity contribution in [1.29, 1.82) is 0 Å². The van der Waals surface area contributed by atoms with E-state index in [1.807, 2.05) is 6.92 Å². The maximum atomic E-state index is 12.9. The van der Waals surface area contributed by atoms with Crippen LogP contribution in [0.4, 0.5) is 19.0 Å². The summed E-state index contributed by atoms with van der Waals surface area (Å²) in [6.07, 6.45) is -4.60. The number of hydrogen-bond donors (Lipinski definition) is 1. The SMILES string of the molecule is CCOCCNc1nn2c(C(F)(F)F)nnc2c(C)c1C. The van der Waals surface area contributed by atoms with E-state index in [-0.39, 0.29) is 5.65 Å². The van der Waals surface area contributed by atoms with Crippen molar-refractivity contribution in [2.24, 2.45) is 0 Å². The van der Waals surface area contributed by atoms with Gasteiger partial charge in [0.05, 0.1) is 6.61 Å². The van der Waals surface area contributed by atoms with Gasteiger partial charge in [0.15, 0.2) is 5.65 Å². The first-order chi connectivity index (χ1) is 9.86. The van der Waals surface area contributed by atoms with Crippen molar-refractivity contribution in [2.45, 2.75) is 26.9 Å². The van der Waals surface area contributed by atoms with Gasteiger partial charge in [-0.3, -0.25) is 0 Å². The molecule has 2 rings (SSSR count). The van der Waals surface area contributed by atoms with Gasteiger partial charge in [-0.05, 0) is 26.3 Å². The molecule has 1 N–H and O–H groups in total. The summed E-state index contributed by atoms with van der Waals surface area (Å²) in [6, 6.07) is 0. The average Bonchev–Trinajstić information content (AvgIpc) is 2.84. The quantitative estimate of drug-likeness (QED) is 0.858. The van der Waals surface area contributed by atoms with Crippen molar-refractivity contribution < 1.29 is 17.9 Å². The van der Waals surface area contributed by atoms with Crippen LogP contribution in [0.3, 0.4) is 0 Å². The van der Waals surface area contributed by atoms with Crippen molar-refractivity contribution in [3.63, 3.8) is 0 Å². The summed E-state index contributed by atoms with van der Waals surface area (Å²) in [5.74, 6) is -0.765. The van der Waals surface area contributed by atoms with E-state index >= 15 is 0 Å². The standard InChI is InChI=1S/C12H16F3N5O/c1-4-21-6-5-16-9-7(2)8(3)10-17-18-11(12(13,14)15)20(10)19-9/h4-6H2,1-3H3,(H,16,19). The highest BCUT2D eigenvalue weighted by atomic mass is 19.4.